The molecule has 3 N–H and O–H groups in total. The Morgan fingerprint density at radius 1 is 1.23 bits per heavy atom. The van der Waals surface area contributed by atoms with Gasteiger partial charge in [0, 0.05) is 36.0 Å². The lowest BCUT2D eigenvalue weighted by molar-refractivity contribution is 0.0951. The molecule has 3 aromatic rings. The fourth-order valence-electron chi connectivity index (χ4n) is 4.22. The van der Waals surface area contributed by atoms with Crippen LogP contribution >= 0.6 is 0 Å². The Kier molecular flexibility index (Phi) is 5.08. The number of likely N-dealkylation sites (tertiary alicyclic amines) is 1. The molecule has 5 rings (SSSR count). The van der Waals surface area contributed by atoms with Crippen molar-refractivity contribution in [1.29, 1.82) is 0 Å². The number of rotatable bonds is 3. The number of aromatic nitrogens is 3. The van der Waals surface area contributed by atoms with E-state index in [1.54, 1.807) is 0 Å². The lowest BCUT2D eigenvalue weighted by Crippen LogP contribution is -2.33. The number of amides is 1. The van der Waals surface area contributed by atoms with E-state index in [4.69, 9.17) is 5.73 Å². The van der Waals surface area contributed by atoms with Gasteiger partial charge in [-0.15, -0.1) is 0 Å². The van der Waals surface area contributed by atoms with Gasteiger partial charge >= 0.3 is 0 Å². The van der Waals surface area contributed by atoms with Gasteiger partial charge in [0.15, 0.2) is 0 Å². The van der Waals surface area contributed by atoms with Gasteiger partial charge in [0.2, 0.25) is 0 Å². The Hall–Kier alpha value is -3.37. The highest BCUT2D eigenvalue weighted by Gasteiger charge is 2.24. The number of hydrogen-bond donors (Lipinski definition) is 2. The van der Waals surface area contributed by atoms with E-state index in [1.165, 1.54) is 6.33 Å². The largest absolute Gasteiger partial charge is 0.383 e. The molecule has 1 aliphatic heterocycles. The normalized spacial score (nSPS) is 19.1. The fourth-order valence-corrected chi connectivity index (χ4v) is 4.22. The van der Waals surface area contributed by atoms with Crippen LogP contribution in [0.3, 0.4) is 0 Å². The van der Waals surface area contributed by atoms with Crippen molar-refractivity contribution < 1.29 is 4.79 Å². The maximum atomic E-state index is 12.3. The molecule has 3 heterocycles. The second kappa shape index (κ2) is 8.05. The molecular weight excluding hydrogens is 388 g/mol. The summed E-state index contributed by atoms with van der Waals surface area (Å²) < 4.78 is 2.20. The maximum absolute atomic E-state index is 12.3. The van der Waals surface area contributed by atoms with Crippen molar-refractivity contribution >= 4 is 22.8 Å². The Balaban J connectivity index is 1.49. The van der Waals surface area contributed by atoms with Crippen molar-refractivity contribution in [2.24, 2.45) is 0 Å². The number of anilines is 1. The van der Waals surface area contributed by atoms with Gasteiger partial charge < -0.3 is 20.5 Å². The molecule has 7 heteroatoms. The molecule has 1 atom stereocenters. The van der Waals surface area contributed by atoms with Gasteiger partial charge in [-0.1, -0.05) is 17.9 Å². The number of carbonyl (C=O) groups excluding carboxylic acids is 1. The zero-order valence-corrected chi connectivity index (χ0v) is 17.6. The van der Waals surface area contributed by atoms with Crippen molar-refractivity contribution in [3.05, 3.63) is 53.5 Å². The van der Waals surface area contributed by atoms with Crippen LogP contribution in [0, 0.1) is 11.8 Å². The Bertz CT molecular complexity index is 1200. The summed E-state index contributed by atoms with van der Waals surface area (Å²) >= 11 is 0. The zero-order valence-electron chi connectivity index (χ0n) is 17.6. The van der Waals surface area contributed by atoms with Crippen molar-refractivity contribution in [2.75, 3.05) is 25.9 Å². The van der Waals surface area contributed by atoms with Gasteiger partial charge in [0.1, 0.15) is 17.8 Å². The minimum atomic E-state index is -0.0400. The predicted molar refractivity (Wildman–Crippen MR) is 121 cm³/mol. The van der Waals surface area contributed by atoms with Crippen LogP contribution in [0.2, 0.25) is 0 Å². The molecule has 1 aromatic carbocycles. The number of nitrogens with two attached hydrogens (primary N) is 1. The average Bonchev–Trinajstić information content (AvgIpc) is 3.50. The second-order valence-corrected chi connectivity index (χ2v) is 8.54. The smallest absolute Gasteiger partial charge is 0.251 e. The number of nitrogen functional groups attached to an aromatic ring is 1. The average molecular weight is 415 g/mol. The van der Waals surface area contributed by atoms with Crippen LogP contribution in [-0.2, 0) is 0 Å². The monoisotopic (exact) mass is 414 g/mol. The molecule has 1 unspecified atom stereocenters. The maximum Gasteiger partial charge on any atom is 0.251 e. The minimum Gasteiger partial charge on any atom is -0.383 e. The molecule has 0 bridgehead atoms. The molecule has 158 valence electrons. The number of fused-ring (bicyclic) bond motifs is 1. The highest BCUT2D eigenvalue weighted by Crippen LogP contribution is 2.30. The molecule has 1 amide bonds. The van der Waals surface area contributed by atoms with Crippen molar-refractivity contribution in [2.45, 2.75) is 37.8 Å². The molecule has 0 spiro atoms. The van der Waals surface area contributed by atoms with Gasteiger partial charge in [-0.05, 0) is 57.5 Å². The van der Waals surface area contributed by atoms with Gasteiger partial charge in [-0.25, -0.2) is 9.97 Å². The van der Waals surface area contributed by atoms with E-state index in [0.29, 0.717) is 23.5 Å². The van der Waals surface area contributed by atoms with Crippen LogP contribution in [0.4, 0.5) is 5.82 Å². The molecule has 1 saturated heterocycles. The third-order valence-electron chi connectivity index (χ3n) is 6.01. The summed E-state index contributed by atoms with van der Waals surface area (Å²) in [5.74, 6) is 6.86. The van der Waals surface area contributed by atoms with E-state index in [2.05, 4.69) is 49.8 Å². The Labute approximate surface area is 181 Å². The van der Waals surface area contributed by atoms with Gasteiger partial charge in [0.05, 0.1) is 10.9 Å². The first kappa shape index (κ1) is 19.6. The summed E-state index contributed by atoms with van der Waals surface area (Å²) in [6.07, 6.45) is 7.95. The summed E-state index contributed by atoms with van der Waals surface area (Å²) in [4.78, 5) is 23.4. The van der Waals surface area contributed by atoms with E-state index < -0.39 is 0 Å². The summed E-state index contributed by atoms with van der Waals surface area (Å²) in [5.41, 5.74) is 9.28. The Morgan fingerprint density at radius 2 is 2.10 bits per heavy atom. The SMILES string of the molecule is CN1CCCC(n2cc(C#Cc3cccc(C(=O)NC4CC4)c3)c3c(N)ncnc32)C1. The molecule has 1 saturated carbocycles. The molecule has 7 nitrogen and oxygen atoms in total. The minimum absolute atomic E-state index is 0.0400. The third kappa shape index (κ3) is 4.12. The van der Waals surface area contributed by atoms with Crippen molar-refractivity contribution in [3.63, 3.8) is 0 Å². The number of nitrogens with one attached hydrogen (secondary N) is 1. The van der Waals surface area contributed by atoms with E-state index in [9.17, 15) is 4.79 Å². The van der Waals surface area contributed by atoms with E-state index >= 15 is 0 Å². The lowest BCUT2D eigenvalue weighted by atomic mass is 10.1. The quantitative estimate of drug-likeness (QED) is 0.643. The molecule has 31 heavy (non-hydrogen) atoms. The molecule has 2 aliphatic rings. The van der Waals surface area contributed by atoms with Crippen molar-refractivity contribution in [1.82, 2.24) is 24.8 Å². The first-order valence-electron chi connectivity index (χ1n) is 10.8. The third-order valence-corrected chi connectivity index (χ3v) is 6.01. The first-order chi connectivity index (χ1) is 15.1. The second-order valence-electron chi connectivity index (χ2n) is 8.54. The topological polar surface area (TPSA) is 89.1 Å². The van der Waals surface area contributed by atoms with Gasteiger partial charge in [-0.3, -0.25) is 4.79 Å². The number of hydrogen-bond acceptors (Lipinski definition) is 5. The zero-order chi connectivity index (χ0) is 21.4. The van der Waals surface area contributed by atoms with Crippen molar-refractivity contribution in [3.8, 4) is 11.8 Å². The van der Waals surface area contributed by atoms with Crippen LogP contribution in [-0.4, -0.2) is 51.5 Å². The number of benzene rings is 1. The number of piperidine rings is 1. The first-order valence-corrected chi connectivity index (χ1v) is 10.8. The van der Waals surface area contributed by atoms with Gasteiger partial charge in [-0.2, -0.15) is 0 Å². The summed E-state index contributed by atoms with van der Waals surface area (Å²) in [6, 6.07) is 8.09. The highest BCUT2D eigenvalue weighted by molar-refractivity contribution is 5.95. The van der Waals surface area contributed by atoms with Crippen LogP contribution in [0.15, 0.2) is 36.8 Å². The Morgan fingerprint density at radius 3 is 2.90 bits per heavy atom. The molecular formula is C24H26N6O. The van der Waals surface area contributed by atoms with E-state index in [0.717, 1.165) is 60.9 Å². The van der Waals surface area contributed by atoms with Crippen LogP contribution < -0.4 is 11.1 Å². The van der Waals surface area contributed by atoms with Crippen LogP contribution in [0.5, 0.6) is 0 Å². The standard InChI is InChI=1S/C24H26N6O/c1-29-11-3-6-20(14-29)30-13-18(21-22(25)26-15-27-23(21)30)8-7-16-4-2-5-17(12-16)24(31)28-19-9-10-19/h2,4-5,12-13,15,19-20H,3,6,9-11,14H2,1H3,(H,28,31)(H2,25,26,27). The summed E-state index contributed by atoms with van der Waals surface area (Å²) in [7, 11) is 2.15. The summed E-state index contributed by atoms with van der Waals surface area (Å²) in [5, 5.41) is 3.82. The molecule has 1 aliphatic carbocycles. The van der Waals surface area contributed by atoms with Crippen LogP contribution in [0.1, 0.15) is 53.2 Å². The lowest BCUT2D eigenvalue weighted by Gasteiger charge is -2.30. The highest BCUT2D eigenvalue weighted by atomic mass is 16.1. The number of carbonyl (C=O) groups is 1. The van der Waals surface area contributed by atoms with Gasteiger partial charge in [0.25, 0.3) is 5.91 Å². The van der Waals surface area contributed by atoms with E-state index in [-0.39, 0.29) is 5.91 Å². The molecule has 2 fully saturated rings. The number of nitrogens with zero attached hydrogens (tertiary/aromatic N) is 4. The van der Waals surface area contributed by atoms with E-state index in [1.807, 2.05) is 24.3 Å². The molecule has 2 aromatic heterocycles. The molecule has 0 radical (unpaired) electrons. The number of likely N-dealkylation sites (N-methyl/N-ethyl adjacent to an activating group) is 1. The summed E-state index contributed by atoms with van der Waals surface area (Å²) in [6.45, 7) is 2.09. The van der Waals surface area contributed by atoms with Crippen LogP contribution in [0.25, 0.3) is 11.0 Å². The fraction of sp³-hybridized carbons (Fsp3) is 0.375. The predicted octanol–water partition coefficient (Wildman–Crippen LogP) is 2.57.